The second-order valence-corrected chi connectivity index (χ2v) is 5.20. The Morgan fingerprint density at radius 2 is 2.36 bits per heavy atom. The Morgan fingerprint density at radius 3 is 2.91 bits per heavy atom. The quantitative estimate of drug-likeness (QED) is 0.637. The minimum atomic E-state index is 0.268. The van der Waals surface area contributed by atoms with Crippen molar-refractivity contribution in [1.29, 1.82) is 0 Å². The number of ketones is 1. The summed E-state index contributed by atoms with van der Waals surface area (Å²) in [7, 11) is 0. The Bertz CT molecular complexity index is 152. The summed E-state index contributed by atoms with van der Waals surface area (Å²) in [5.41, 5.74) is 0. The Balaban J connectivity index is 2.48. The topological polar surface area (TPSA) is 17.1 Å². The van der Waals surface area contributed by atoms with Gasteiger partial charge in [0.1, 0.15) is 5.78 Å². The van der Waals surface area contributed by atoms with Crippen LogP contribution in [0.2, 0.25) is 0 Å². The molecule has 64 valence electrons. The smallest absolute Gasteiger partial charge is 0.135 e. The number of thioether (sulfide) groups is 1. The molecule has 0 amide bonds. The van der Waals surface area contributed by atoms with Crippen LogP contribution < -0.4 is 0 Å². The highest BCUT2D eigenvalue weighted by atomic mass is 32.2. The van der Waals surface area contributed by atoms with E-state index in [1.807, 2.05) is 11.8 Å². The van der Waals surface area contributed by atoms with E-state index in [0.717, 1.165) is 18.6 Å². The first-order valence-corrected chi connectivity index (χ1v) is 5.30. The van der Waals surface area contributed by atoms with E-state index in [1.165, 1.54) is 12.8 Å². The lowest BCUT2D eigenvalue weighted by Crippen LogP contribution is -2.29. The lowest BCUT2D eigenvalue weighted by atomic mass is 9.97. The van der Waals surface area contributed by atoms with Crippen molar-refractivity contribution in [3.05, 3.63) is 0 Å². The van der Waals surface area contributed by atoms with Crippen LogP contribution >= 0.6 is 11.8 Å². The molecule has 0 aromatic rings. The molecule has 0 aromatic carbocycles. The minimum absolute atomic E-state index is 0.268. The van der Waals surface area contributed by atoms with Crippen LogP contribution in [0.25, 0.3) is 0 Å². The van der Waals surface area contributed by atoms with Crippen LogP contribution in [0.1, 0.15) is 39.5 Å². The van der Waals surface area contributed by atoms with E-state index in [9.17, 15) is 4.79 Å². The predicted molar refractivity (Wildman–Crippen MR) is 50.0 cm³/mol. The van der Waals surface area contributed by atoms with Gasteiger partial charge < -0.3 is 0 Å². The van der Waals surface area contributed by atoms with Crippen molar-refractivity contribution in [2.75, 3.05) is 5.75 Å². The Hall–Kier alpha value is 0.0200. The highest BCUT2D eigenvalue weighted by molar-refractivity contribution is 8.00. The molecule has 1 rings (SSSR count). The Kier molecular flexibility index (Phi) is 2.99. The first kappa shape index (κ1) is 9.11. The largest absolute Gasteiger partial charge is 0.300 e. The molecule has 2 heteroatoms. The van der Waals surface area contributed by atoms with Crippen molar-refractivity contribution in [2.45, 2.75) is 44.3 Å². The maximum atomic E-state index is 11.1. The number of rotatable bonds is 2. The van der Waals surface area contributed by atoms with Crippen LogP contribution in [-0.4, -0.2) is 16.3 Å². The zero-order chi connectivity index (χ0) is 8.32. The van der Waals surface area contributed by atoms with Crippen molar-refractivity contribution >= 4 is 17.5 Å². The summed E-state index contributed by atoms with van der Waals surface area (Å²) in [4.78, 5) is 11.1. The molecule has 1 aliphatic heterocycles. The zero-order valence-corrected chi connectivity index (χ0v) is 8.17. The summed E-state index contributed by atoms with van der Waals surface area (Å²) < 4.78 is 0.268. The second kappa shape index (κ2) is 3.61. The molecule has 1 unspecified atom stereocenters. The van der Waals surface area contributed by atoms with Gasteiger partial charge in [0.15, 0.2) is 0 Å². The number of Topliss-reactive ketones (excluding diaryl/α,β-unsaturated/α-hetero) is 1. The van der Waals surface area contributed by atoms with Crippen molar-refractivity contribution in [1.82, 2.24) is 0 Å². The summed E-state index contributed by atoms with van der Waals surface area (Å²) >= 11 is 1.97. The van der Waals surface area contributed by atoms with Gasteiger partial charge in [-0.25, -0.2) is 0 Å². The van der Waals surface area contributed by atoms with E-state index in [2.05, 4.69) is 13.8 Å². The average Bonchev–Trinajstić information content (AvgIpc) is 1.86. The van der Waals surface area contributed by atoms with Crippen molar-refractivity contribution in [3.63, 3.8) is 0 Å². The Labute approximate surface area is 72.9 Å². The molecule has 1 saturated heterocycles. The van der Waals surface area contributed by atoms with Gasteiger partial charge in [0.25, 0.3) is 0 Å². The lowest BCUT2D eigenvalue weighted by molar-refractivity contribution is -0.119. The van der Waals surface area contributed by atoms with Gasteiger partial charge in [-0.2, -0.15) is 11.8 Å². The molecule has 1 atom stereocenters. The molecule has 0 saturated carbocycles. The van der Waals surface area contributed by atoms with E-state index >= 15 is 0 Å². The van der Waals surface area contributed by atoms with Crippen LogP contribution in [-0.2, 0) is 4.79 Å². The Morgan fingerprint density at radius 1 is 1.64 bits per heavy atom. The van der Waals surface area contributed by atoms with E-state index in [0.29, 0.717) is 5.78 Å². The molecular weight excluding hydrogens is 156 g/mol. The second-order valence-electron chi connectivity index (χ2n) is 3.51. The highest BCUT2D eigenvalue weighted by Crippen LogP contribution is 2.37. The third kappa shape index (κ3) is 2.51. The summed E-state index contributed by atoms with van der Waals surface area (Å²) in [6.45, 7) is 4.41. The molecule has 0 aliphatic carbocycles. The van der Waals surface area contributed by atoms with Crippen LogP contribution in [0.3, 0.4) is 0 Å². The average molecular weight is 172 g/mol. The van der Waals surface area contributed by atoms with Gasteiger partial charge in [-0.15, -0.1) is 0 Å². The van der Waals surface area contributed by atoms with Gasteiger partial charge in [0.05, 0.1) is 0 Å². The predicted octanol–water partition coefficient (Wildman–Crippen LogP) is 2.64. The molecule has 0 bridgehead atoms. The first-order valence-electron chi connectivity index (χ1n) is 4.32. The SMILES string of the molecule is CCCC1(C)CC(=O)CCS1. The maximum absolute atomic E-state index is 11.1. The van der Waals surface area contributed by atoms with Gasteiger partial charge >= 0.3 is 0 Å². The molecule has 1 nitrogen and oxygen atoms in total. The normalized spacial score (nSPS) is 32.4. The van der Waals surface area contributed by atoms with Gasteiger partial charge in [0.2, 0.25) is 0 Å². The van der Waals surface area contributed by atoms with Crippen molar-refractivity contribution in [3.8, 4) is 0 Å². The molecule has 1 heterocycles. The van der Waals surface area contributed by atoms with Crippen LogP contribution in [0.5, 0.6) is 0 Å². The summed E-state index contributed by atoms with van der Waals surface area (Å²) in [6, 6.07) is 0. The van der Waals surface area contributed by atoms with Gasteiger partial charge in [-0.1, -0.05) is 20.3 Å². The monoisotopic (exact) mass is 172 g/mol. The fourth-order valence-corrected chi connectivity index (χ4v) is 3.09. The summed E-state index contributed by atoms with van der Waals surface area (Å²) in [5, 5.41) is 0. The van der Waals surface area contributed by atoms with Gasteiger partial charge in [0, 0.05) is 23.3 Å². The first-order chi connectivity index (χ1) is 5.16. The molecular formula is C9H16OS. The van der Waals surface area contributed by atoms with Crippen molar-refractivity contribution in [2.24, 2.45) is 0 Å². The number of hydrogen-bond acceptors (Lipinski definition) is 2. The number of carbonyl (C=O) groups is 1. The van der Waals surface area contributed by atoms with Crippen LogP contribution in [0.4, 0.5) is 0 Å². The zero-order valence-electron chi connectivity index (χ0n) is 7.35. The molecule has 0 aromatic heterocycles. The minimum Gasteiger partial charge on any atom is -0.300 e. The number of hydrogen-bond donors (Lipinski definition) is 0. The summed E-state index contributed by atoms with van der Waals surface area (Å²) in [5.74, 6) is 1.50. The molecule has 0 radical (unpaired) electrons. The summed E-state index contributed by atoms with van der Waals surface area (Å²) in [6.07, 6.45) is 3.97. The molecule has 0 spiro atoms. The van der Waals surface area contributed by atoms with Crippen LogP contribution in [0.15, 0.2) is 0 Å². The maximum Gasteiger partial charge on any atom is 0.135 e. The lowest BCUT2D eigenvalue weighted by Gasteiger charge is -2.31. The fourth-order valence-electron chi connectivity index (χ4n) is 1.66. The number of carbonyl (C=O) groups excluding carboxylic acids is 1. The molecule has 1 fully saturated rings. The fraction of sp³-hybridized carbons (Fsp3) is 0.889. The van der Waals surface area contributed by atoms with E-state index in [4.69, 9.17) is 0 Å². The third-order valence-electron chi connectivity index (χ3n) is 2.18. The van der Waals surface area contributed by atoms with Crippen molar-refractivity contribution < 1.29 is 4.79 Å². The standard InChI is InChI=1S/C9H16OS/c1-3-5-9(2)7-8(10)4-6-11-9/h3-7H2,1-2H3. The van der Waals surface area contributed by atoms with E-state index in [1.54, 1.807) is 0 Å². The molecule has 0 N–H and O–H groups in total. The third-order valence-corrected chi connectivity index (χ3v) is 3.64. The van der Waals surface area contributed by atoms with Crippen LogP contribution in [0, 0.1) is 0 Å². The molecule has 11 heavy (non-hydrogen) atoms. The van der Waals surface area contributed by atoms with Gasteiger partial charge in [-0.3, -0.25) is 4.79 Å². The van der Waals surface area contributed by atoms with E-state index < -0.39 is 0 Å². The highest BCUT2D eigenvalue weighted by Gasteiger charge is 2.30. The van der Waals surface area contributed by atoms with E-state index in [-0.39, 0.29) is 4.75 Å². The molecule has 1 aliphatic rings. The van der Waals surface area contributed by atoms with Gasteiger partial charge in [-0.05, 0) is 6.42 Å².